The van der Waals surface area contributed by atoms with E-state index in [9.17, 15) is 13.2 Å². The number of amides is 1. The van der Waals surface area contributed by atoms with E-state index in [1.54, 1.807) is 6.07 Å². The molecule has 1 saturated carbocycles. The van der Waals surface area contributed by atoms with Crippen LogP contribution >= 0.6 is 11.6 Å². The van der Waals surface area contributed by atoms with Crippen LogP contribution < -0.4 is 14.4 Å². The van der Waals surface area contributed by atoms with Gasteiger partial charge in [-0.25, -0.2) is 13.1 Å². The molecular formula is C42H57ClN4O5S. The Kier molecular flexibility index (Phi) is 10.6. The maximum atomic E-state index is 13.7. The zero-order valence-corrected chi connectivity index (χ0v) is 33.1. The van der Waals surface area contributed by atoms with E-state index < -0.39 is 26.8 Å². The molecule has 0 aromatic heterocycles. The Bertz CT molecular complexity index is 1820. The van der Waals surface area contributed by atoms with Gasteiger partial charge in [0.1, 0.15) is 11.4 Å². The second-order valence-corrected chi connectivity index (χ2v) is 19.2. The molecule has 0 unspecified atom stereocenters. The number of hydrogen-bond donors (Lipinski definition) is 1. The number of halogens is 1. The van der Waals surface area contributed by atoms with Gasteiger partial charge >= 0.3 is 0 Å². The number of anilines is 1. The second kappa shape index (κ2) is 15.1. The Hall–Kier alpha value is -2.63. The molecule has 11 heteroatoms. The van der Waals surface area contributed by atoms with Crippen molar-refractivity contribution in [2.75, 3.05) is 64.4 Å². The molecule has 0 radical (unpaired) electrons. The van der Waals surface area contributed by atoms with Crippen molar-refractivity contribution in [2.24, 2.45) is 11.8 Å². The van der Waals surface area contributed by atoms with Crippen LogP contribution in [0.25, 0.3) is 0 Å². The number of rotatable bonds is 4. The summed E-state index contributed by atoms with van der Waals surface area (Å²) in [6.07, 6.45) is 15.0. The lowest BCUT2D eigenvalue weighted by molar-refractivity contribution is -0.100. The minimum atomic E-state index is -3.91. The molecule has 288 valence electrons. The molecule has 4 heterocycles. The number of nitrogens with one attached hydrogen (secondary N) is 1. The number of allylic oxidation sites excluding steroid dienone is 1. The van der Waals surface area contributed by atoms with Gasteiger partial charge in [0.2, 0.25) is 10.0 Å². The molecule has 1 N–H and O–H groups in total. The number of sulfonamides is 1. The highest BCUT2D eigenvalue weighted by molar-refractivity contribution is 7.90. The summed E-state index contributed by atoms with van der Waals surface area (Å²) in [7, 11) is -2.03. The fraction of sp³-hybridized carbons (Fsp3) is 0.643. The molecule has 3 fully saturated rings. The van der Waals surface area contributed by atoms with Gasteiger partial charge < -0.3 is 14.4 Å². The highest BCUT2D eigenvalue weighted by atomic mass is 35.5. The summed E-state index contributed by atoms with van der Waals surface area (Å²) in [4.78, 5) is 21.5. The lowest BCUT2D eigenvalue weighted by atomic mass is 9.63. The molecule has 9 nitrogen and oxygen atoms in total. The summed E-state index contributed by atoms with van der Waals surface area (Å²) in [6.45, 7) is 9.18. The average Bonchev–Trinajstić information content (AvgIpc) is 3.29. The van der Waals surface area contributed by atoms with Gasteiger partial charge in [0.25, 0.3) is 5.91 Å². The molecule has 2 bridgehead atoms. The van der Waals surface area contributed by atoms with Gasteiger partial charge in [-0.1, -0.05) is 43.2 Å². The number of piperidine rings is 1. The summed E-state index contributed by atoms with van der Waals surface area (Å²) in [5.74, 6) is 0.790. The van der Waals surface area contributed by atoms with Crippen molar-refractivity contribution in [1.29, 1.82) is 0 Å². The number of ether oxygens (including phenoxy) is 2. The molecule has 2 aromatic rings. The maximum Gasteiger partial charge on any atom is 0.264 e. The molecule has 1 amide bonds. The SMILES string of the molecule is CC[C@@H]1CC/C=C/[C@@](CN2CCN3CCCC[C@@H]3C2)(OC)[C@@H]2CC[C@H]2CN2C[C@@]3(CCCc4cc(Cl)ccc43)COc3ccc(cc32)C(=O)NS1(=O)=O. The third kappa shape index (κ3) is 7.28. The molecule has 2 saturated heterocycles. The van der Waals surface area contributed by atoms with E-state index in [1.807, 2.05) is 32.2 Å². The number of carbonyl (C=O) groups is 1. The van der Waals surface area contributed by atoms with Gasteiger partial charge in [-0.2, -0.15) is 0 Å². The van der Waals surface area contributed by atoms with Gasteiger partial charge in [-0.05, 0) is 124 Å². The van der Waals surface area contributed by atoms with E-state index in [-0.39, 0.29) is 5.41 Å². The number of nitrogens with zero attached hydrogens (tertiary/aromatic N) is 3. The zero-order chi connectivity index (χ0) is 36.8. The number of fused-ring (bicyclic) bond motifs is 5. The first-order valence-corrected chi connectivity index (χ1v) is 22.1. The molecule has 2 aromatic carbocycles. The monoisotopic (exact) mass is 764 g/mol. The van der Waals surface area contributed by atoms with E-state index >= 15 is 0 Å². The van der Waals surface area contributed by atoms with Crippen LogP contribution in [0.5, 0.6) is 5.75 Å². The lowest BCUT2D eigenvalue weighted by Crippen LogP contribution is -2.61. The van der Waals surface area contributed by atoms with Crippen LogP contribution in [-0.4, -0.2) is 101 Å². The van der Waals surface area contributed by atoms with Crippen molar-refractivity contribution in [1.82, 2.24) is 14.5 Å². The molecule has 4 aliphatic heterocycles. The first-order chi connectivity index (χ1) is 25.6. The topological polar surface area (TPSA) is 91.4 Å². The Labute approximate surface area is 321 Å². The number of aryl methyl sites for hydroxylation is 1. The molecule has 8 rings (SSSR count). The Morgan fingerprint density at radius 3 is 2.72 bits per heavy atom. The van der Waals surface area contributed by atoms with E-state index in [2.05, 4.69) is 43.7 Å². The number of methoxy groups -OCH3 is 1. The lowest BCUT2D eigenvalue weighted by Gasteiger charge is -2.53. The van der Waals surface area contributed by atoms with Crippen LogP contribution in [0, 0.1) is 11.8 Å². The van der Waals surface area contributed by atoms with Gasteiger partial charge in [0.05, 0.1) is 17.5 Å². The molecule has 6 atom stereocenters. The van der Waals surface area contributed by atoms with Crippen molar-refractivity contribution in [3.05, 3.63) is 70.3 Å². The minimum absolute atomic E-state index is 0.255. The molecule has 53 heavy (non-hydrogen) atoms. The smallest absolute Gasteiger partial charge is 0.264 e. The number of benzene rings is 2. The first kappa shape index (κ1) is 37.3. The van der Waals surface area contributed by atoms with Gasteiger partial charge in [-0.15, -0.1) is 0 Å². The highest BCUT2D eigenvalue weighted by Gasteiger charge is 2.50. The quantitative estimate of drug-likeness (QED) is 0.350. The number of carbonyl (C=O) groups excluding carboxylic acids is 1. The third-order valence-corrected chi connectivity index (χ3v) is 15.9. The zero-order valence-electron chi connectivity index (χ0n) is 31.5. The maximum absolute atomic E-state index is 13.7. The fourth-order valence-corrected chi connectivity index (χ4v) is 12.3. The summed E-state index contributed by atoms with van der Waals surface area (Å²) in [6, 6.07) is 12.3. The van der Waals surface area contributed by atoms with Gasteiger partial charge in [-0.3, -0.25) is 14.6 Å². The van der Waals surface area contributed by atoms with Crippen molar-refractivity contribution >= 4 is 33.2 Å². The summed E-state index contributed by atoms with van der Waals surface area (Å²) in [5.41, 5.74) is 3.01. The predicted octanol–water partition coefficient (Wildman–Crippen LogP) is 6.58. The van der Waals surface area contributed by atoms with Crippen LogP contribution in [0.15, 0.2) is 48.6 Å². The van der Waals surface area contributed by atoms with Crippen molar-refractivity contribution in [2.45, 2.75) is 99.9 Å². The van der Waals surface area contributed by atoms with E-state index in [4.69, 9.17) is 21.1 Å². The molecule has 6 aliphatic rings. The van der Waals surface area contributed by atoms with Gasteiger partial charge in [0, 0.05) is 68.4 Å². The number of piperazine rings is 1. The Morgan fingerprint density at radius 2 is 1.91 bits per heavy atom. The van der Waals surface area contributed by atoms with Gasteiger partial charge in [0.15, 0.2) is 0 Å². The minimum Gasteiger partial charge on any atom is -0.490 e. The van der Waals surface area contributed by atoms with Crippen molar-refractivity contribution < 1.29 is 22.7 Å². The van der Waals surface area contributed by atoms with Crippen LogP contribution in [0.3, 0.4) is 0 Å². The van der Waals surface area contributed by atoms with E-state index in [0.29, 0.717) is 49.3 Å². The summed E-state index contributed by atoms with van der Waals surface area (Å²) >= 11 is 6.51. The summed E-state index contributed by atoms with van der Waals surface area (Å²) in [5, 5.41) is 0.0721. The van der Waals surface area contributed by atoms with Crippen molar-refractivity contribution in [3.8, 4) is 5.75 Å². The standard InChI is InChI=1S/C42H57ClN4O5S/c1-3-35-11-4-6-19-42(51-2,28-45-21-22-46-20-7-5-10-34(46)26-45)37-15-12-32(37)25-47-27-41(18-8-9-30-23-33(43)14-16-36(30)41)29-52-39-17-13-31(24-38(39)47)40(48)44-53(35,49)50/h6,13-14,16-17,19,23-24,32,34-35,37H,3-5,7-12,15,18,20-22,25-29H2,1-2H3,(H,44,48)/b19-6+/t32-,34+,35+,37+,41-,42-/m0/s1. The van der Waals surface area contributed by atoms with Crippen LogP contribution in [0.4, 0.5) is 5.69 Å². The largest absolute Gasteiger partial charge is 0.490 e. The summed E-state index contributed by atoms with van der Waals surface area (Å²) < 4.78 is 43.2. The predicted molar refractivity (Wildman–Crippen MR) is 211 cm³/mol. The first-order valence-electron chi connectivity index (χ1n) is 20.2. The van der Waals surface area contributed by atoms with Crippen LogP contribution in [0.2, 0.25) is 5.02 Å². The Morgan fingerprint density at radius 1 is 1.02 bits per heavy atom. The highest BCUT2D eigenvalue weighted by Crippen LogP contribution is 2.49. The van der Waals surface area contributed by atoms with Crippen LogP contribution in [-0.2, 0) is 26.6 Å². The Balaban J connectivity index is 1.18. The van der Waals surface area contributed by atoms with E-state index in [0.717, 1.165) is 87.8 Å². The van der Waals surface area contributed by atoms with E-state index in [1.165, 1.54) is 36.9 Å². The second-order valence-electron chi connectivity index (χ2n) is 16.8. The average molecular weight is 765 g/mol. The van der Waals surface area contributed by atoms with Crippen LogP contribution in [0.1, 0.15) is 92.6 Å². The fourth-order valence-electron chi connectivity index (χ4n) is 10.7. The normalized spacial score (nSPS) is 34.0. The number of hydrogen-bond acceptors (Lipinski definition) is 8. The molecule has 1 spiro atoms. The molecular weight excluding hydrogens is 708 g/mol. The van der Waals surface area contributed by atoms with Crippen molar-refractivity contribution in [3.63, 3.8) is 0 Å². The molecule has 2 aliphatic carbocycles. The third-order valence-electron chi connectivity index (χ3n) is 13.8.